The molecule has 0 amide bonds. The zero-order chi connectivity index (χ0) is 23.7. The van der Waals surface area contributed by atoms with Crippen LogP contribution in [0.1, 0.15) is 45.1 Å². The lowest BCUT2D eigenvalue weighted by molar-refractivity contribution is 0.346. The highest BCUT2D eigenvalue weighted by molar-refractivity contribution is 6.00. The van der Waals surface area contributed by atoms with Crippen molar-refractivity contribution in [1.82, 2.24) is 24.9 Å². The van der Waals surface area contributed by atoms with Gasteiger partial charge in [-0.3, -0.25) is 0 Å². The maximum atomic E-state index is 4.89. The van der Waals surface area contributed by atoms with Gasteiger partial charge in [0.05, 0.1) is 17.4 Å². The van der Waals surface area contributed by atoms with E-state index in [2.05, 4.69) is 65.4 Å². The first kappa shape index (κ1) is 22.1. The van der Waals surface area contributed by atoms with Gasteiger partial charge >= 0.3 is 0 Å². The van der Waals surface area contributed by atoms with Gasteiger partial charge in [-0.1, -0.05) is 18.7 Å². The zero-order valence-corrected chi connectivity index (χ0v) is 20.0. The first-order valence-electron chi connectivity index (χ1n) is 11.9. The molecule has 0 aromatic carbocycles. The minimum atomic E-state index is -0.0891. The Hall–Kier alpha value is -3.74. The lowest BCUT2D eigenvalue weighted by atomic mass is 9.67. The number of hydrogen-bond acceptors (Lipinski definition) is 6. The van der Waals surface area contributed by atoms with Crippen molar-refractivity contribution in [2.45, 2.75) is 44.9 Å². The molecular weight excluding hydrogens is 422 g/mol. The van der Waals surface area contributed by atoms with Gasteiger partial charge in [-0.15, -0.1) is 5.10 Å². The number of fused-ring (bicyclic) bond motifs is 2. The molecule has 7 heteroatoms. The Balaban J connectivity index is 1.50. The van der Waals surface area contributed by atoms with Crippen LogP contribution in [0, 0.1) is 5.92 Å². The predicted molar refractivity (Wildman–Crippen MR) is 138 cm³/mol. The fourth-order valence-corrected chi connectivity index (χ4v) is 5.25. The second-order valence-electron chi connectivity index (χ2n) is 9.18. The van der Waals surface area contributed by atoms with Crippen LogP contribution in [-0.4, -0.2) is 32.3 Å². The molecule has 3 aromatic heterocycles. The van der Waals surface area contributed by atoms with E-state index in [9.17, 15) is 0 Å². The van der Waals surface area contributed by atoms with Crippen LogP contribution in [0.5, 0.6) is 0 Å². The topological polar surface area (TPSA) is 79.5 Å². The molecule has 1 aliphatic carbocycles. The van der Waals surface area contributed by atoms with Crippen molar-refractivity contribution in [3.05, 3.63) is 73.0 Å². The zero-order valence-electron chi connectivity index (χ0n) is 20.0. The number of hydrogen-bond donors (Lipinski definition) is 2. The van der Waals surface area contributed by atoms with Crippen molar-refractivity contribution in [2.24, 2.45) is 10.9 Å². The predicted octanol–water partition coefficient (Wildman–Crippen LogP) is 5.56. The minimum absolute atomic E-state index is 0.0891. The average molecular weight is 454 g/mol. The lowest BCUT2D eigenvalue weighted by Crippen LogP contribution is -2.36. The summed E-state index contributed by atoms with van der Waals surface area (Å²) in [6.45, 7) is 8.33. The fraction of sp³-hybridized carbons (Fsp3) is 0.333. The number of nitrogens with one attached hydrogen (secondary N) is 2. The molecule has 0 radical (unpaired) electrons. The van der Waals surface area contributed by atoms with Gasteiger partial charge in [-0.2, -0.15) is 0 Å². The number of aliphatic imine (C=N–C) groups is 1. The molecule has 1 aliphatic heterocycles. The van der Waals surface area contributed by atoms with E-state index < -0.39 is 0 Å². The summed E-state index contributed by atoms with van der Waals surface area (Å²) in [5, 5.41) is 10.8. The largest absolute Gasteiger partial charge is 0.392 e. The van der Waals surface area contributed by atoms with Crippen LogP contribution in [0.4, 0.5) is 11.8 Å². The number of rotatable bonds is 6. The molecule has 174 valence electrons. The molecule has 2 aliphatic rings. The number of allylic oxidation sites excluding steroid dienone is 3. The van der Waals surface area contributed by atoms with Crippen molar-refractivity contribution < 1.29 is 0 Å². The molecule has 0 spiro atoms. The molecular formula is C27H31N7. The van der Waals surface area contributed by atoms with Crippen molar-refractivity contribution in [3.63, 3.8) is 0 Å². The van der Waals surface area contributed by atoms with Gasteiger partial charge < -0.3 is 10.6 Å². The Morgan fingerprint density at radius 3 is 2.74 bits per heavy atom. The van der Waals surface area contributed by atoms with E-state index in [-0.39, 0.29) is 5.41 Å². The third-order valence-electron chi connectivity index (χ3n) is 7.30. The summed E-state index contributed by atoms with van der Waals surface area (Å²) in [4.78, 5) is 14.2. The third-order valence-corrected chi connectivity index (χ3v) is 7.30. The quantitative estimate of drug-likeness (QED) is 0.377. The first-order chi connectivity index (χ1) is 16.5. The van der Waals surface area contributed by atoms with Gasteiger partial charge in [0.15, 0.2) is 5.82 Å². The Kier molecular flexibility index (Phi) is 5.77. The van der Waals surface area contributed by atoms with E-state index in [1.165, 1.54) is 24.1 Å². The number of nitrogens with zero attached hydrogens (tertiary/aromatic N) is 5. The third kappa shape index (κ3) is 3.71. The van der Waals surface area contributed by atoms with E-state index in [0.717, 1.165) is 41.0 Å². The SMILES string of the molecule is C=C/C(=C\NC)Nc1ncc2c(-c3cnc4c(c3)C(C)(C3CCC=CCC3)C(C)=N4)ccn2n1. The highest BCUT2D eigenvalue weighted by Gasteiger charge is 2.44. The van der Waals surface area contributed by atoms with Crippen molar-refractivity contribution in [2.75, 3.05) is 12.4 Å². The van der Waals surface area contributed by atoms with Gasteiger partial charge in [0, 0.05) is 53.5 Å². The molecule has 5 rings (SSSR count). The molecule has 34 heavy (non-hydrogen) atoms. The maximum Gasteiger partial charge on any atom is 0.245 e. The van der Waals surface area contributed by atoms with Gasteiger partial charge in [-0.25, -0.2) is 19.5 Å². The van der Waals surface area contributed by atoms with Crippen LogP contribution in [0.25, 0.3) is 16.6 Å². The van der Waals surface area contributed by atoms with Crippen molar-refractivity contribution in [3.8, 4) is 11.1 Å². The van der Waals surface area contributed by atoms with Crippen LogP contribution in [0.2, 0.25) is 0 Å². The van der Waals surface area contributed by atoms with E-state index in [0.29, 0.717) is 11.9 Å². The number of aromatic nitrogens is 4. The smallest absolute Gasteiger partial charge is 0.245 e. The second-order valence-corrected chi connectivity index (χ2v) is 9.18. The molecule has 3 aromatic rings. The number of anilines is 1. The molecule has 0 fully saturated rings. The Labute approximate surface area is 200 Å². The molecule has 1 unspecified atom stereocenters. The van der Waals surface area contributed by atoms with Crippen LogP contribution < -0.4 is 10.6 Å². The van der Waals surface area contributed by atoms with Gasteiger partial charge in [0.1, 0.15) is 0 Å². The van der Waals surface area contributed by atoms with Gasteiger partial charge in [0.2, 0.25) is 5.95 Å². The van der Waals surface area contributed by atoms with Crippen LogP contribution >= 0.6 is 0 Å². The highest BCUT2D eigenvalue weighted by atomic mass is 15.3. The summed E-state index contributed by atoms with van der Waals surface area (Å²) < 4.78 is 1.84. The van der Waals surface area contributed by atoms with Crippen molar-refractivity contribution >= 4 is 23.0 Å². The molecule has 1 atom stereocenters. The summed E-state index contributed by atoms with van der Waals surface area (Å²) in [6, 6.07) is 4.36. The average Bonchev–Trinajstić information content (AvgIpc) is 3.22. The Morgan fingerprint density at radius 1 is 1.21 bits per heavy atom. The minimum Gasteiger partial charge on any atom is -0.392 e. The molecule has 0 saturated heterocycles. The monoisotopic (exact) mass is 453 g/mol. The maximum absolute atomic E-state index is 4.89. The summed E-state index contributed by atoms with van der Waals surface area (Å²) >= 11 is 0. The summed E-state index contributed by atoms with van der Waals surface area (Å²) in [7, 11) is 1.84. The highest BCUT2D eigenvalue weighted by Crippen LogP contribution is 2.48. The van der Waals surface area contributed by atoms with Crippen LogP contribution in [0.15, 0.2) is 72.4 Å². The first-order valence-corrected chi connectivity index (χ1v) is 11.9. The normalized spacial score (nSPS) is 20.7. The standard InChI is InChI=1S/C27H31N7/c1-5-21(16-28-4)32-26-30-17-24-22(12-13-34(24)33-26)19-14-23-25(29-15-19)31-18(2)27(23,3)20-10-8-6-7-9-11-20/h5-7,12-17,20,28H,1,8-11H2,2-4H3,(H,32,33)/b21-16+. The number of pyridine rings is 1. The van der Waals surface area contributed by atoms with E-state index >= 15 is 0 Å². The Bertz CT molecular complexity index is 1320. The summed E-state index contributed by atoms with van der Waals surface area (Å²) in [5.41, 5.74) is 6.17. The van der Waals surface area contributed by atoms with Crippen LogP contribution in [0.3, 0.4) is 0 Å². The van der Waals surface area contributed by atoms with E-state index in [1.807, 2.05) is 36.4 Å². The molecule has 7 nitrogen and oxygen atoms in total. The van der Waals surface area contributed by atoms with E-state index in [4.69, 9.17) is 9.98 Å². The van der Waals surface area contributed by atoms with Gasteiger partial charge in [0.25, 0.3) is 0 Å². The Morgan fingerprint density at radius 2 is 2.00 bits per heavy atom. The summed E-state index contributed by atoms with van der Waals surface area (Å²) in [5.74, 6) is 1.92. The van der Waals surface area contributed by atoms with Crippen LogP contribution in [-0.2, 0) is 5.41 Å². The molecule has 0 bridgehead atoms. The molecule has 4 heterocycles. The fourth-order valence-electron chi connectivity index (χ4n) is 5.25. The van der Waals surface area contributed by atoms with Crippen molar-refractivity contribution in [1.29, 1.82) is 0 Å². The molecule has 2 N–H and O–H groups in total. The summed E-state index contributed by atoms with van der Waals surface area (Å²) in [6.07, 6.45) is 18.5. The van der Waals surface area contributed by atoms with Gasteiger partial charge in [-0.05, 0) is 63.7 Å². The lowest BCUT2D eigenvalue weighted by Gasteiger charge is -2.35. The second kappa shape index (κ2) is 8.89. The van der Waals surface area contributed by atoms with E-state index in [1.54, 1.807) is 6.08 Å². The molecule has 0 saturated carbocycles.